The van der Waals surface area contributed by atoms with Crippen LogP contribution in [0.2, 0.25) is 0 Å². The van der Waals surface area contributed by atoms with Gasteiger partial charge < -0.3 is 29.3 Å². The van der Waals surface area contributed by atoms with Gasteiger partial charge in [0.05, 0.1) is 24.8 Å². The van der Waals surface area contributed by atoms with E-state index in [1.165, 1.54) is 13.0 Å². The Kier molecular flexibility index (Phi) is 8.68. The first-order valence-corrected chi connectivity index (χ1v) is 12.6. The molecular formula is C27H33F2N3O5. The number of amides is 2. The number of rotatable bonds is 11. The number of para-hydroxylation sites is 1. The Labute approximate surface area is 215 Å². The van der Waals surface area contributed by atoms with Crippen molar-refractivity contribution in [1.82, 2.24) is 10.2 Å². The van der Waals surface area contributed by atoms with Gasteiger partial charge in [-0.25, -0.2) is 0 Å². The van der Waals surface area contributed by atoms with Gasteiger partial charge in [-0.3, -0.25) is 9.59 Å². The molecule has 10 heteroatoms. The minimum Gasteiger partial charge on any atom is -0.493 e. The summed E-state index contributed by atoms with van der Waals surface area (Å²) >= 11 is 0. The molecule has 2 aliphatic rings. The molecule has 1 aliphatic carbocycles. The van der Waals surface area contributed by atoms with Crippen LogP contribution in [0.5, 0.6) is 17.2 Å². The molecule has 1 saturated heterocycles. The lowest BCUT2D eigenvalue weighted by molar-refractivity contribution is -0.131. The van der Waals surface area contributed by atoms with Crippen molar-refractivity contribution in [3.8, 4) is 17.2 Å². The number of anilines is 1. The van der Waals surface area contributed by atoms with E-state index in [1.807, 2.05) is 6.92 Å². The number of carbonyl (C=O) groups is 2. The molecule has 2 aromatic carbocycles. The summed E-state index contributed by atoms with van der Waals surface area (Å²) in [6, 6.07) is 11.6. The smallest absolute Gasteiger partial charge is 0.387 e. The fourth-order valence-corrected chi connectivity index (χ4v) is 4.41. The molecule has 4 rings (SSSR count). The molecule has 0 aromatic heterocycles. The lowest BCUT2D eigenvalue weighted by atomic mass is 10.1. The standard InChI is InChI=1S/C27H33F2N3O5/c1-3-35-23-7-5-4-6-22(23)26(34)30-15-21-16-31(12-13-32(21)18(2)33)20-10-11-24(37-27(28)29)25(14-20)36-17-19-8-9-19/h4-7,10-11,14,19,21,27H,3,8-9,12-13,15-17H2,1-2H3,(H,30,34). The van der Waals surface area contributed by atoms with E-state index < -0.39 is 6.61 Å². The largest absolute Gasteiger partial charge is 0.493 e. The van der Waals surface area contributed by atoms with Crippen molar-refractivity contribution in [3.63, 3.8) is 0 Å². The van der Waals surface area contributed by atoms with Crippen LogP contribution in [-0.4, -0.2) is 68.8 Å². The Morgan fingerprint density at radius 1 is 1.05 bits per heavy atom. The van der Waals surface area contributed by atoms with Crippen LogP contribution in [-0.2, 0) is 4.79 Å². The van der Waals surface area contributed by atoms with Gasteiger partial charge in [0.2, 0.25) is 5.91 Å². The van der Waals surface area contributed by atoms with Crippen molar-refractivity contribution in [2.24, 2.45) is 5.92 Å². The Bertz CT molecular complexity index is 1100. The second kappa shape index (κ2) is 12.1. The number of ether oxygens (including phenoxy) is 3. The predicted octanol–water partition coefficient (Wildman–Crippen LogP) is 3.94. The summed E-state index contributed by atoms with van der Waals surface area (Å²) in [5.41, 5.74) is 1.20. The number of alkyl halides is 2. The van der Waals surface area contributed by atoms with E-state index >= 15 is 0 Å². The molecule has 2 amide bonds. The normalized spacial score (nSPS) is 17.5. The Morgan fingerprint density at radius 2 is 1.84 bits per heavy atom. The fourth-order valence-electron chi connectivity index (χ4n) is 4.41. The van der Waals surface area contributed by atoms with Crippen LogP contribution in [0.15, 0.2) is 42.5 Å². The van der Waals surface area contributed by atoms with Crippen LogP contribution >= 0.6 is 0 Å². The summed E-state index contributed by atoms with van der Waals surface area (Å²) in [5, 5.41) is 2.94. The topological polar surface area (TPSA) is 80.3 Å². The highest BCUT2D eigenvalue weighted by Gasteiger charge is 2.30. The van der Waals surface area contributed by atoms with Crippen molar-refractivity contribution in [2.75, 3.05) is 44.3 Å². The van der Waals surface area contributed by atoms with Gasteiger partial charge in [-0.2, -0.15) is 8.78 Å². The van der Waals surface area contributed by atoms with Gasteiger partial charge in [0.1, 0.15) is 5.75 Å². The summed E-state index contributed by atoms with van der Waals surface area (Å²) in [7, 11) is 0. The number of nitrogens with one attached hydrogen (secondary N) is 1. The lowest BCUT2D eigenvalue weighted by Gasteiger charge is -2.42. The number of hydrogen-bond donors (Lipinski definition) is 1. The SMILES string of the molecule is CCOc1ccccc1C(=O)NCC1CN(c2ccc(OC(F)F)c(OCC3CC3)c2)CCN1C(C)=O. The number of halogens is 2. The first-order chi connectivity index (χ1) is 17.9. The monoisotopic (exact) mass is 517 g/mol. The van der Waals surface area contributed by atoms with Gasteiger partial charge in [0.25, 0.3) is 5.91 Å². The van der Waals surface area contributed by atoms with Gasteiger partial charge in [0.15, 0.2) is 11.5 Å². The molecule has 2 aromatic rings. The predicted molar refractivity (Wildman–Crippen MR) is 135 cm³/mol. The van der Waals surface area contributed by atoms with Gasteiger partial charge in [0, 0.05) is 44.9 Å². The van der Waals surface area contributed by atoms with Crippen LogP contribution in [0.4, 0.5) is 14.5 Å². The highest BCUT2D eigenvalue weighted by atomic mass is 19.3. The highest BCUT2D eigenvalue weighted by Crippen LogP contribution is 2.36. The molecule has 0 bridgehead atoms. The molecule has 1 N–H and O–H groups in total. The van der Waals surface area contributed by atoms with Gasteiger partial charge in [-0.05, 0) is 49.9 Å². The summed E-state index contributed by atoms with van der Waals surface area (Å²) < 4.78 is 41.9. The molecule has 0 radical (unpaired) electrons. The Balaban J connectivity index is 1.47. The summed E-state index contributed by atoms with van der Waals surface area (Å²) in [5.74, 6) is 0.857. The second-order valence-electron chi connectivity index (χ2n) is 9.22. The van der Waals surface area contributed by atoms with Crippen LogP contribution in [0.1, 0.15) is 37.0 Å². The maximum atomic E-state index is 12.9. The molecule has 1 heterocycles. The van der Waals surface area contributed by atoms with Crippen LogP contribution in [0.25, 0.3) is 0 Å². The van der Waals surface area contributed by atoms with Crippen LogP contribution < -0.4 is 24.4 Å². The van der Waals surface area contributed by atoms with E-state index in [1.54, 1.807) is 41.3 Å². The molecule has 1 atom stereocenters. The molecule has 8 nitrogen and oxygen atoms in total. The molecule has 2 fully saturated rings. The van der Waals surface area contributed by atoms with Crippen LogP contribution in [0.3, 0.4) is 0 Å². The summed E-state index contributed by atoms with van der Waals surface area (Å²) in [4.78, 5) is 29.0. The van der Waals surface area contributed by atoms with Crippen molar-refractivity contribution >= 4 is 17.5 Å². The van der Waals surface area contributed by atoms with E-state index in [4.69, 9.17) is 9.47 Å². The third-order valence-corrected chi connectivity index (χ3v) is 6.50. The average Bonchev–Trinajstić information content (AvgIpc) is 3.71. The highest BCUT2D eigenvalue weighted by molar-refractivity contribution is 5.97. The van der Waals surface area contributed by atoms with Crippen LogP contribution in [0, 0.1) is 5.92 Å². The third kappa shape index (κ3) is 7.02. The Hall–Kier alpha value is -3.56. The van der Waals surface area contributed by atoms with Crippen molar-refractivity contribution < 1.29 is 32.6 Å². The van der Waals surface area contributed by atoms with Gasteiger partial charge in [-0.15, -0.1) is 0 Å². The number of benzene rings is 2. The molecule has 1 unspecified atom stereocenters. The van der Waals surface area contributed by atoms with Crippen molar-refractivity contribution in [1.29, 1.82) is 0 Å². The van der Waals surface area contributed by atoms with E-state index in [9.17, 15) is 18.4 Å². The maximum absolute atomic E-state index is 12.9. The third-order valence-electron chi connectivity index (χ3n) is 6.50. The molecule has 1 saturated carbocycles. The second-order valence-corrected chi connectivity index (χ2v) is 9.22. The molecule has 0 spiro atoms. The number of piperazine rings is 1. The van der Waals surface area contributed by atoms with E-state index in [0.717, 1.165) is 18.5 Å². The fraction of sp³-hybridized carbons (Fsp3) is 0.481. The quantitative estimate of drug-likeness (QED) is 0.487. The molecule has 37 heavy (non-hydrogen) atoms. The number of hydrogen-bond acceptors (Lipinski definition) is 6. The van der Waals surface area contributed by atoms with E-state index in [0.29, 0.717) is 50.1 Å². The average molecular weight is 518 g/mol. The zero-order valence-electron chi connectivity index (χ0n) is 21.1. The van der Waals surface area contributed by atoms with Crippen molar-refractivity contribution in [2.45, 2.75) is 39.3 Å². The van der Waals surface area contributed by atoms with E-state index in [-0.39, 0.29) is 35.9 Å². The van der Waals surface area contributed by atoms with Gasteiger partial charge >= 0.3 is 6.61 Å². The molecular weight excluding hydrogens is 484 g/mol. The zero-order chi connectivity index (χ0) is 26.4. The molecule has 1 aliphatic heterocycles. The maximum Gasteiger partial charge on any atom is 0.387 e. The lowest BCUT2D eigenvalue weighted by Crippen LogP contribution is -2.58. The summed E-state index contributed by atoms with van der Waals surface area (Å²) in [6.07, 6.45) is 2.14. The molecule has 200 valence electrons. The Morgan fingerprint density at radius 3 is 2.54 bits per heavy atom. The first kappa shape index (κ1) is 26.5. The minimum absolute atomic E-state index is 0.00134. The number of carbonyl (C=O) groups excluding carboxylic acids is 2. The number of nitrogens with zero attached hydrogens (tertiary/aromatic N) is 2. The zero-order valence-corrected chi connectivity index (χ0v) is 21.1. The van der Waals surface area contributed by atoms with E-state index in [2.05, 4.69) is 15.0 Å². The minimum atomic E-state index is -2.95. The summed E-state index contributed by atoms with van der Waals surface area (Å²) in [6.45, 7) is 3.01. The van der Waals surface area contributed by atoms with Crippen molar-refractivity contribution in [3.05, 3.63) is 48.0 Å². The van der Waals surface area contributed by atoms with Gasteiger partial charge in [-0.1, -0.05) is 12.1 Å². The first-order valence-electron chi connectivity index (χ1n) is 12.6.